The van der Waals surface area contributed by atoms with Gasteiger partial charge in [-0.25, -0.2) is 4.79 Å². The van der Waals surface area contributed by atoms with Crippen LogP contribution in [0.15, 0.2) is 54.6 Å². The Hall–Kier alpha value is -3.48. The van der Waals surface area contributed by atoms with Crippen molar-refractivity contribution in [1.29, 1.82) is 0 Å². The second-order valence-electron chi connectivity index (χ2n) is 5.80. The second kappa shape index (κ2) is 9.28. The van der Waals surface area contributed by atoms with Gasteiger partial charge >= 0.3 is 11.9 Å². The van der Waals surface area contributed by atoms with Crippen molar-refractivity contribution in [2.24, 2.45) is 0 Å². The number of benzene rings is 2. The fourth-order valence-corrected chi connectivity index (χ4v) is 2.25. The summed E-state index contributed by atoms with van der Waals surface area (Å²) in [6, 6.07) is 14.4. The highest BCUT2D eigenvalue weighted by molar-refractivity contribution is 6.01. The van der Waals surface area contributed by atoms with Crippen LogP contribution in [0.3, 0.4) is 0 Å². The third-order valence-electron chi connectivity index (χ3n) is 3.68. The lowest BCUT2D eigenvalue weighted by molar-refractivity contribution is -0.138. The molecule has 0 aliphatic carbocycles. The third kappa shape index (κ3) is 6.07. The summed E-state index contributed by atoms with van der Waals surface area (Å²) in [5.41, 5.74) is 1.11. The number of ether oxygens (including phenoxy) is 1. The maximum atomic E-state index is 12.2. The van der Waals surface area contributed by atoms with E-state index in [0.29, 0.717) is 11.3 Å². The summed E-state index contributed by atoms with van der Waals surface area (Å²) in [4.78, 5) is 46.4. The highest BCUT2D eigenvalue weighted by Crippen LogP contribution is 2.13. The van der Waals surface area contributed by atoms with Crippen LogP contribution in [0.25, 0.3) is 0 Å². The Kier molecular flexibility index (Phi) is 6.82. The van der Waals surface area contributed by atoms with Gasteiger partial charge in [-0.3, -0.25) is 14.4 Å². The molecule has 0 bridgehead atoms. The zero-order valence-corrected chi connectivity index (χ0v) is 14.7. The Labute approximate surface area is 156 Å². The molecule has 0 aliphatic heterocycles. The van der Waals surface area contributed by atoms with Crippen LogP contribution in [-0.4, -0.2) is 34.8 Å². The molecule has 0 fully saturated rings. The number of esters is 1. The van der Waals surface area contributed by atoms with E-state index in [1.165, 1.54) is 31.2 Å². The van der Waals surface area contributed by atoms with E-state index in [2.05, 4.69) is 5.32 Å². The van der Waals surface area contributed by atoms with Gasteiger partial charge in [-0.15, -0.1) is 0 Å². The summed E-state index contributed by atoms with van der Waals surface area (Å²) in [5.74, 6) is -2.45. The first-order chi connectivity index (χ1) is 12.9. The predicted molar refractivity (Wildman–Crippen MR) is 97.6 cm³/mol. The summed E-state index contributed by atoms with van der Waals surface area (Å²) in [5, 5.41) is 11.1. The molecule has 2 N–H and O–H groups in total. The van der Waals surface area contributed by atoms with Crippen LogP contribution in [0.1, 0.15) is 40.5 Å². The van der Waals surface area contributed by atoms with Gasteiger partial charge in [-0.2, -0.15) is 0 Å². The number of aliphatic carboxylic acids is 1. The Morgan fingerprint density at radius 2 is 1.56 bits per heavy atom. The number of ketones is 1. The van der Waals surface area contributed by atoms with Gasteiger partial charge in [0.1, 0.15) is 0 Å². The highest BCUT2D eigenvalue weighted by atomic mass is 16.5. The number of carboxylic acid groups (broad SMARTS) is 1. The molecule has 0 saturated heterocycles. The van der Waals surface area contributed by atoms with E-state index in [1.54, 1.807) is 30.3 Å². The van der Waals surface area contributed by atoms with Gasteiger partial charge in [0.05, 0.1) is 12.0 Å². The molecule has 2 aromatic rings. The molecule has 0 spiro atoms. The topological polar surface area (TPSA) is 110 Å². The summed E-state index contributed by atoms with van der Waals surface area (Å²) >= 11 is 0. The predicted octanol–water partition coefficient (Wildman–Crippen LogP) is 2.92. The van der Waals surface area contributed by atoms with E-state index < -0.39 is 23.9 Å². The number of hydrogen-bond donors (Lipinski definition) is 2. The van der Waals surface area contributed by atoms with E-state index in [1.807, 2.05) is 0 Å². The van der Waals surface area contributed by atoms with Crippen molar-refractivity contribution in [1.82, 2.24) is 0 Å². The molecular weight excluding hydrogens is 350 g/mol. The molecule has 1 atom stereocenters. The van der Waals surface area contributed by atoms with Gasteiger partial charge < -0.3 is 15.2 Å². The van der Waals surface area contributed by atoms with Crippen molar-refractivity contribution < 1.29 is 29.0 Å². The number of Topliss-reactive ketones (excluding diaryl/α,β-unsaturated/α-hetero) is 1. The van der Waals surface area contributed by atoms with Gasteiger partial charge in [0.2, 0.25) is 11.7 Å². The van der Waals surface area contributed by atoms with Crippen LogP contribution in [0.2, 0.25) is 0 Å². The lowest BCUT2D eigenvalue weighted by Crippen LogP contribution is -2.24. The summed E-state index contributed by atoms with van der Waals surface area (Å²) in [6.07, 6.45) is -1.34. The molecule has 0 unspecified atom stereocenters. The lowest BCUT2D eigenvalue weighted by Gasteiger charge is -2.12. The average Bonchev–Trinajstić information content (AvgIpc) is 2.67. The van der Waals surface area contributed by atoms with Crippen LogP contribution in [0.5, 0.6) is 0 Å². The van der Waals surface area contributed by atoms with Crippen molar-refractivity contribution in [3.8, 4) is 0 Å². The van der Waals surface area contributed by atoms with Crippen molar-refractivity contribution in [2.45, 2.75) is 25.9 Å². The van der Waals surface area contributed by atoms with E-state index in [0.717, 1.165) is 0 Å². The normalized spacial score (nSPS) is 11.3. The lowest BCUT2D eigenvalue weighted by atomic mass is 10.1. The summed E-state index contributed by atoms with van der Waals surface area (Å²) < 4.78 is 5.20. The molecule has 27 heavy (non-hydrogen) atoms. The van der Waals surface area contributed by atoms with Crippen molar-refractivity contribution in [2.75, 3.05) is 5.32 Å². The SMILES string of the molecule is C[C@H](OC(=O)c1ccc(NC(=O)CCC(=O)O)cc1)C(=O)c1ccccc1. The first kappa shape index (κ1) is 19.8. The number of carbonyl (C=O) groups is 4. The van der Waals surface area contributed by atoms with Gasteiger partial charge in [-0.05, 0) is 31.2 Å². The Morgan fingerprint density at radius 3 is 2.15 bits per heavy atom. The Balaban J connectivity index is 1.92. The van der Waals surface area contributed by atoms with Crippen LogP contribution in [0.4, 0.5) is 5.69 Å². The van der Waals surface area contributed by atoms with Gasteiger partial charge in [0.15, 0.2) is 6.10 Å². The number of anilines is 1. The number of amides is 1. The number of nitrogens with one attached hydrogen (secondary N) is 1. The molecule has 0 aromatic heterocycles. The quantitative estimate of drug-likeness (QED) is 0.547. The number of hydrogen-bond acceptors (Lipinski definition) is 5. The first-order valence-corrected chi connectivity index (χ1v) is 8.29. The van der Waals surface area contributed by atoms with E-state index in [-0.39, 0.29) is 24.2 Å². The largest absolute Gasteiger partial charge is 0.481 e. The second-order valence-corrected chi connectivity index (χ2v) is 5.80. The van der Waals surface area contributed by atoms with Crippen LogP contribution in [-0.2, 0) is 14.3 Å². The zero-order chi connectivity index (χ0) is 19.8. The third-order valence-corrected chi connectivity index (χ3v) is 3.68. The molecule has 7 heteroatoms. The zero-order valence-electron chi connectivity index (χ0n) is 14.7. The van der Waals surface area contributed by atoms with Crippen LogP contribution in [0, 0.1) is 0 Å². The molecule has 0 heterocycles. The minimum absolute atomic E-state index is 0.141. The van der Waals surface area contributed by atoms with Crippen molar-refractivity contribution in [3.05, 3.63) is 65.7 Å². The Morgan fingerprint density at radius 1 is 0.926 bits per heavy atom. The molecule has 1 amide bonds. The van der Waals surface area contributed by atoms with Crippen LogP contribution < -0.4 is 5.32 Å². The average molecular weight is 369 g/mol. The fourth-order valence-electron chi connectivity index (χ4n) is 2.25. The van der Waals surface area contributed by atoms with E-state index in [4.69, 9.17) is 9.84 Å². The number of carbonyl (C=O) groups excluding carboxylic acids is 3. The molecule has 2 aromatic carbocycles. The monoisotopic (exact) mass is 369 g/mol. The van der Waals surface area contributed by atoms with Crippen LogP contribution >= 0.6 is 0 Å². The maximum Gasteiger partial charge on any atom is 0.338 e. The molecule has 2 rings (SSSR count). The summed E-state index contributed by atoms with van der Waals surface area (Å²) in [7, 11) is 0. The summed E-state index contributed by atoms with van der Waals surface area (Å²) in [6.45, 7) is 1.50. The molecule has 140 valence electrons. The smallest absolute Gasteiger partial charge is 0.338 e. The number of carboxylic acids is 1. The van der Waals surface area contributed by atoms with Gasteiger partial charge in [0.25, 0.3) is 0 Å². The maximum absolute atomic E-state index is 12.2. The standard InChI is InChI=1S/C20H19NO6/c1-13(19(25)14-5-3-2-4-6-14)27-20(26)15-7-9-16(10-8-15)21-17(22)11-12-18(23)24/h2-10,13H,11-12H2,1H3,(H,21,22)(H,23,24)/t13-/m0/s1. The minimum Gasteiger partial charge on any atom is -0.481 e. The fraction of sp³-hybridized carbons (Fsp3) is 0.200. The highest BCUT2D eigenvalue weighted by Gasteiger charge is 2.20. The first-order valence-electron chi connectivity index (χ1n) is 8.29. The van der Waals surface area contributed by atoms with Crippen molar-refractivity contribution in [3.63, 3.8) is 0 Å². The molecular formula is C20H19NO6. The molecule has 7 nitrogen and oxygen atoms in total. The number of rotatable bonds is 8. The minimum atomic E-state index is -1.05. The molecule has 0 saturated carbocycles. The molecule has 0 aliphatic rings. The van der Waals surface area contributed by atoms with E-state index >= 15 is 0 Å². The van der Waals surface area contributed by atoms with Gasteiger partial charge in [0, 0.05) is 17.7 Å². The van der Waals surface area contributed by atoms with E-state index in [9.17, 15) is 19.2 Å². The van der Waals surface area contributed by atoms with Gasteiger partial charge in [-0.1, -0.05) is 30.3 Å². The van der Waals surface area contributed by atoms with Crippen molar-refractivity contribution >= 4 is 29.3 Å². The Bertz CT molecular complexity index is 829. The molecule has 0 radical (unpaired) electrons.